The molecule has 19 heavy (non-hydrogen) atoms. The Morgan fingerprint density at radius 1 is 1.26 bits per heavy atom. The van der Waals surface area contributed by atoms with Crippen LogP contribution in [0.2, 0.25) is 0 Å². The zero-order valence-electron chi connectivity index (χ0n) is 10.9. The maximum absolute atomic E-state index is 12.3. The van der Waals surface area contributed by atoms with E-state index in [2.05, 4.69) is 32.6 Å². The molecule has 4 heterocycles. The van der Waals surface area contributed by atoms with Crippen LogP contribution in [0.4, 0.5) is 0 Å². The average Bonchev–Trinajstić information content (AvgIpc) is 3.11. The summed E-state index contributed by atoms with van der Waals surface area (Å²) in [5.41, 5.74) is 0. The fraction of sp³-hybridized carbons (Fsp3) is 0.643. The molecule has 4 rings (SSSR count). The molecule has 3 fully saturated rings. The smallest absolute Gasteiger partial charge is 0.238 e. The molecule has 1 amide bonds. The molecule has 3 aliphatic heterocycles. The molecule has 0 aliphatic carbocycles. The fourth-order valence-corrected chi connectivity index (χ4v) is 4.76. The second-order valence-corrected chi connectivity index (χ2v) is 6.68. The lowest BCUT2D eigenvalue weighted by Gasteiger charge is -2.33. The van der Waals surface area contributed by atoms with Gasteiger partial charge in [-0.2, -0.15) is 0 Å². The van der Waals surface area contributed by atoms with Gasteiger partial charge in [-0.05, 0) is 37.3 Å². The third-order valence-electron chi connectivity index (χ3n) is 4.75. The van der Waals surface area contributed by atoms with Gasteiger partial charge in [0.25, 0.3) is 0 Å². The maximum atomic E-state index is 12.3. The van der Waals surface area contributed by atoms with Crippen molar-refractivity contribution in [1.82, 2.24) is 15.1 Å². The highest BCUT2D eigenvalue weighted by Gasteiger charge is 2.46. The van der Waals surface area contributed by atoms with Gasteiger partial charge in [0.2, 0.25) is 5.91 Å². The summed E-state index contributed by atoms with van der Waals surface area (Å²) >= 11 is 1.74. The average molecular weight is 277 g/mol. The summed E-state index contributed by atoms with van der Waals surface area (Å²) in [5, 5.41) is 5.48. The van der Waals surface area contributed by atoms with Crippen molar-refractivity contribution in [3.63, 3.8) is 0 Å². The molecule has 0 aromatic carbocycles. The standard InChI is InChI=1S/C14H19N3OS/c18-13-9-15-14(12-4-2-8-19-12)17(13)11-5-7-16-6-1-3-10(11)16/h2,4,8,10-11,14-15H,1,3,5-7,9H2. The summed E-state index contributed by atoms with van der Waals surface area (Å²) in [6, 6.07) is 5.22. The van der Waals surface area contributed by atoms with Crippen molar-refractivity contribution in [3.05, 3.63) is 22.4 Å². The van der Waals surface area contributed by atoms with Gasteiger partial charge in [-0.1, -0.05) is 6.07 Å². The van der Waals surface area contributed by atoms with Gasteiger partial charge < -0.3 is 4.90 Å². The van der Waals surface area contributed by atoms with E-state index >= 15 is 0 Å². The van der Waals surface area contributed by atoms with Gasteiger partial charge in [-0.3, -0.25) is 15.0 Å². The highest BCUT2D eigenvalue weighted by molar-refractivity contribution is 7.10. The lowest BCUT2D eigenvalue weighted by molar-refractivity contribution is -0.130. The largest absolute Gasteiger partial charge is 0.316 e. The number of hydrogen-bond donors (Lipinski definition) is 1. The van der Waals surface area contributed by atoms with E-state index in [-0.39, 0.29) is 12.1 Å². The topological polar surface area (TPSA) is 35.6 Å². The monoisotopic (exact) mass is 277 g/mol. The Labute approximate surface area is 117 Å². The molecule has 0 saturated carbocycles. The van der Waals surface area contributed by atoms with Crippen LogP contribution in [-0.4, -0.2) is 47.4 Å². The zero-order chi connectivity index (χ0) is 12.8. The number of nitrogens with one attached hydrogen (secondary N) is 1. The molecule has 3 unspecified atom stereocenters. The predicted molar refractivity (Wildman–Crippen MR) is 74.9 cm³/mol. The van der Waals surface area contributed by atoms with E-state index in [0.717, 1.165) is 13.0 Å². The van der Waals surface area contributed by atoms with Gasteiger partial charge in [0.05, 0.1) is 12.6 Å². The molecule has 3 aliphatic rings. The van der Waals surface area contributed by atoms with E-state index in [4.69, 9.17) is 0 Å². The van der Waals surface area contributed by atoms with E-state index < -0.39 is 0 Å². The fourth-order valence-electron chi connectivity index (χ4n) is 3.96. The van der Waals surface area contributed by atoms with Gasteiger partial charge in [-0.25, -0.2) is 0 Å². The van der Waals surface area contributed by atoms with Crippen LogP contribution in [0.3, 0.4) is 0 Å². The molecule has 3 atom stereocenters. The quantitative estimate of drug-likeness (QED) is 0.888. The first-order chi connectivity index (χ1) is 9.34. The highest BCUT2D eigenvalue weighted by atomic mass is 32.1. The van der Waals surface area contributed by atoms with E-state index in [0.29, 0.717) is 18.6 Å². The Hall–Kier alpha value is -0.910. The minimum atomic E-state index is 0.109. The van der Waals surface area contributed by atoms with Crippen LogP contribution in [0.15, 0.2) is 17.5 Å². The van der Waals surface area contributed by atoms with E-state index in [1.165, 1.54) is 24.3 Å². The van der Waals surface area contributed by atoms with Gasteiger partial charge in [0.15, 0.2) is 0 Å². The Kier molecular flexibility index (Phi) is 2.86. The first-order valence-electron chi connectivity index (χ1n) is 7.16. The van der Waals surface area contributed by atoms with Crippen LogP contribution in [0.25, 0.3) is 0 Å². The van der Waals surface area contributed by atoms with E-state index in [9.17, 15) is 4.79 Å². The number of carbonyl (C=O) groups excluding carboxylic acids is 1. The lowest BCUT2D eigenvalue weighted by Crippen LogP contribution is -2.45. The summed E-state index contributed by atoms with van der Waals surface area (Å²) in [6.07, 6.45) is 3.80. The maximum Gasteiger partial charge on any atom is 0.238 e. The highest BCUT2D eigenvalue weighted by Crippen LogP contribution is 2.37. The van der Waals surface area contributed by atoms with Crippen molar-refractivity contribution in [1.29, 1.82) is 0 Å². The molecule has 1 aromatic heterocycles. The van der Waals surface area contributed by atoms with Gasteiger partial charge in [-0.15, -0.1) is 11.3 Å². The molecule has 5 heteroatoms. The van der Waals surface area contributed by atoms with Crippen LogP contribution in [0, 0.1) is 0 Å². The molecule has 3 saturated heterocycles. The van der Waals surface area contributed by atoms with Crippen LogP contribution >= 0.6 is 11.3 Å². The molecular formula is C14H19N3OS. The molecule has 0 radical (unpaired) electrons. The number of thiophene rings is 1. The molecule has 1 N–H and O–H groups in total. The van der Waals surface area contributed by atoms with Crippen molar-refractivity contribution in [2.45, 2.75) is 37.5 Å². The predicted octanol–water partition coefficient (Wildman–Crippen LogP) is 1.42. The summed E-state index contributed by atoms with van der Waals surface area (Å²) in [6.45, 7) is 2.88. The van der Waals surface area contributed by atoms with Crippen molar-refractivity contribution in [2.24, 2.45) is 0 Å². The molecular weight excluding hydrogens is 258 g/mol. The Morgan fingerprint density at radius 2 is 2.21 bits per heavy atom. The summed E-state index contributed by atoms with van der Waals surface area (Å²) < 4.78 is 0. The summed E-state index contributed by atoms with van der Waals surface area (Å²) in [5.74, 6) is 0.275. The summed E-state index contributed by atoms with van der Waals surface area (Å²) in [4.78, 5) is 18.3. The molecule has 0 bridgehead atoms. The number of amides is 1. The van der Waals surface area contributed by atoms with Crippen LogP contribution in [-0.2, 0) is 4.79 Å². The van der Waals surface area contributed by atoms with Gasteiger partial charge in [0, 0.05) is 17.5 Å². The minimum Gasteiger partial charge on any atom is -0.316 e. The molecule has 0 spiro atoms. The lowest BCUT2D eigenvalue weighted by atomic mass is 10.0. The van der Waals surface area contributed by atoms with E-state index in [1.807, 2.05) is 0 Å². The SMILES string of the molecule is O=C1CNC(c2cccs2)N1C1CCN2CCCC12. The van der Waals surface area contributed by atoms with Crippen molar-refractivity contribution < 1.29 is 4.79 Å². The normalized spacial score (nSPS) is 35.3. The summed E-state index contributed by atoms with van der Waals surface area (Å²) in [7, 11) is 0. The number of fused-ring (bicyclic) bond motifs is 1. The Bertz CT molecular complexity index is 475. The van der Waals surface area contributed by atoms with Crippen LogP contribution in [0.1, 0.15) is 30.3 Å². The molecule has 1 aromatic rings. The minimum absolute atomic E-state index is 0.109. The van der Waals surface area contributed by atoms with E-state index in [1.54, 1.807) is 11.3 Å². The number of carbonyl (C=O) groups is 1. The number of hydrogen-bond acceptors (Lipinski definition) is 4. The number of rotatable bonds is 2. The van der Waals surface area contributed by atoms with Crippen molar-refractivity contribution in [3.8, 4) is 0 Å². The number of nitrogens with zero attached hydrogens (tertiary/aromatic N) is 2. The van der Waals surface area contributed by atoms with Crippen LogP contribution in [0.5, 0.6) is 0 Å². The van der Waals surface area contributed by atoms with Crippen molar-refractivity contribution in [2.75, 3.05) is 19.6 Å². The first-order valence-corrected chi connectivity index (χ1v) is 8.04. The molecule has 4 nitrogen and oxygen atoms in total. The second kappa shape index (κ2) is 4.58. The third-order valence-corrected chi connectivity index (χ3v) is 5.68. The second-order valence-electron chi connectivity index (χ2n) is 5.70. The van der Waals surface area contributed by atoms with Crippen molar-refractivity contribution >= 4 is 17.2 Å². The van der Waals surface area contributed by atoms with Crippen LogP contribution < -0.4 is 5.32 Å². The molecule has 102 valence electrons. The Balaban J connectivity index is 1.62. The Morgan fingerprint density at radius 3 is 3.05 bits per heavy atom. The third kappa shape index (κ3) is 1.83. The van der Waals surface area contributed by atoms with Gasteiger partial charge in [0.1, 0.15) is 6.17 Å². The first kappa shape index (κ1) is 11.9. The zero-order valence-corrected chi connectivity index (χ0v) is 11.7. The van der Waals surface area contributed by atoms with Gasteiger partial charge >= 0.3 is 0 Å².